The maximum atomic E-state index is 12.9. The van der Waals surface area contributed by atoms with E-state index in [4.69, 9.17) is 0 Å². The summed E-state index contributed by atoms with van der Waals surface area (Å²) in [5, 5.41) is 11.2. The largest absolute Gasteiger partial charge is 0.376 e. The molecule has 3 aliphatic carbocycles. The van der Waals surface area contributed by atoms with Crippen molar-refractivity contribution in [2.45, 2.75) is 39.2 Å². The molecular weight excluding hydrogens is 288 g/mol. The third-order valence-electron chi connectivity index (χ3n) is 6.01. The van der Waals surface area contributed by atoms with Crippen molar-refractivity contribution in [2.24, 2.45) is 23.7 Å². The predicted molar refractivity (Wildman–Crippen MR) is 89.6 cm³/mol. The van der Waals surface area contributed by atoms with Crippen LogP contribution in [0.25, 0.3) is 0 Å². The molecule has 122 valence electrons. The van der Waals surface area contributed by atoms with E-state index in [2.05, 4.69) is 13.2 Å². The van der Waals surface area contributed by atoms with Crippen molar-refractivity contribution in [1.29, 1.82) is 0 Å². The quantitative estimate of drug-likeness (QED) is 0.757. The maximum Gasteiger partial charge on any atom is 0.192 e. The van der Waals surface area contributed by atoms with E-state index in [1.165, 1.54) is 6.08 Å². The first-order chi connectivity index (χ1) is 10.7. The van der Waals surface area contributed by atoms with E-state index < -0.39 is 11.5 Å². The zero-order valence-electron chi connectivity index (χ0n) is 14.1. The Morgan fingerprint density at radius 1 is 1.35 bits per heavy atom. The van der Waals surface area contributed by atoms with Crippen LogP contribution in [0.4, 0.5) is 0 Å². The molecule has 0 unspecified atom stereocenters. The Kier molecular flexibility index (Phi) is 3.60. The lowest BCUT2D eigenvalue weighted by Gasteiger charge is -2.52. The van der Waals surface area contributed by atoms with Gasteiger partial charge in [0.25, 0.3) is 0 Å². The van der Waals surface area contributed by atoms with Crippen LogP contribution in [-0.4, -0.2) is 22.3 Å². The number of carbonyl (C=O) groups is 2. The minimum atomic E-state index is -1.71. The first kappa shape index (κ1) is 16.1. The van der Waals surface area contributed by atoms with Gasteiger partial charge in [0.05, 0.1) is 5.92 Å². The summed E-state index contributed by atoms with van der Waals surface area (Å²) in [5.74, 6) is -1.10. The van der Waals surface area contributed by atoms with Gasteiger partial charge in [0.1, 0.15) is 0 Å². The second kappa shape index (κ2) is 5.13. The van der Waals surface area contributed by atoms with Crippen LogP contribution in [0.1, 0.15) is 33.6 Å². The fourth-order valence-electron chi connectivity index (χ4n) is 4.72. The summed E-state index contributed by atoms with van der Waals surface area (Å²) in [5.41, 5.74) is 1.37. The summed E-state index contributed by atoms with van der Waals surface area (Å²) in [6, 6.07) is 0. The van der Waals surface area contributed by atoms with Crippen molar-refractivity contribution in [3.63, 3.8) is 0 Å². The van der Waals surface area contributed by atoms with Crippen LogP contribution in [0, 0.1) is 23.7 Å². The van der Waals surface area contributed by atoms with Crippen LogP contribution in [0.15, 0.2) is 47.6 Å². The van der Waals surface area contributed by atoms with Gasteiger partial charge in [-0.2, -0.15) is 0 Å². The molecule has 0 aromatic carbocycles. The second-order valence-corrected chi connectivity index (χ2v) is 7.40. The van der Waals surface area contributed by atoms with Gasteiger partial charge in [-0.05, 0) is 68.6 Å². The van der Waals surface area contributed by atoms with Crippen molar-refractivity contribution >= 4 is 11.6 Å². The Bertz CT molecular complexity index is 694. The average molecular weight is 312 g/mol. The minimum Gasteiger partial charge on any atom is -0.376 e. The Balaban J connectivity index is 2.21. The van der Waals surface area contributed by atoms with Crippen molar-refractivity contribution in [1.82, 2.24) is 0 Å². The Morgan fingerprint density at radius 2 is 2.00 bits per heavy atom. The Morgan fingerprint density at radius 3 is 2.61 bits per heavy atom. The highest BCUT2D eigenvalue weighted by Gasteiger charge is 2.59. The molecule has 0 aliphatic heterocycles. The summed E-state index contributed by atoms with van der Waals surface area (Å²) < 4.78 is 0. The van der Waals surface area contributed by atoms with Gasteiger partial charge in [0.2, 0.25) is 0 Å². The van der Waals surface area contributed by atoms with Crippen LogP contribution in [0.3, 0.4) is 0 Å². The maximum absolute atomic E-state index is 12.9. The highest BCUT2D eigenvalue weighted by Crippen LogP contribution is 2.54. The van der Waals surface area contributed by atoms with Gasteiger partial charge < -0.3 is 5.11 Å². The second-order valence-electron chi connectivity index (χ2n) is 7.40. The zero-order valence-corrected chi connectivity index (χ0v) is 14.1. The lowest BCUT2D eigenvalue weighted by molar-refractivity contribution is -0.148. The average Bonchev–Trinajstić information content (AvgIpc) is 2.46. The molecule has 1 N–H and O–H groups in total. The molecule has 0 saturated heterocycles. The van der Waals surface area contributed by atoms with Crippen LogP contribution >= 0.6 is 0 Å². The van der Waals surface area contributed by atoms with Crippen LogP contribution in [-0.2, 0) is 9.59 Å². The highest BCUT2D eigenvalue weighted by molar-refractivity contribution is 6.15. The van der Waals surface area contributed by atoms with Gasteiger partial charge in [0.15, 0.2) is 17.2 Å². The molecule has 0 heterocycles. The number of allylic oxidation sites excluding steroid dienone is 4. The van der Waals surface area contributed by atoms with Crippen LogP contribution < -0.4 is 0 Å². The molecule has 3 heteroatoms. The minimum absolute atomic E-state index is 0.0849. The molecule has 3 rings (SSSR count). The number of ketones is 2. The van der Waals surface area contributed by atoms with E-state index in [-0.39, 0.29) is 29.3 Å². The molecule has 5 atom stereocenters. The van der Waals surface area contributed by atoms with Gasteiger partial charge in [-0.15, -0.1) is 0 Å². The summed E-state index contributed by atoms with van der Waals surface area (Å²) in [6.07, 6.45) is 5.05. The summed E-state index contributed by atoms with van der Waals surface area (Å²) in [6.45, 7) is 13.7. The molecule has 0 radical (unpaired) electrons. The lowest BCUT2D eigenvalue weighted by atomic mass is 9.52. The Labute approximate surface area is 137 Å². The van der Waals surface area contributed by atoms with E-state index in [1.807, 2.05) is 13.0 Å². The Hall–Kier alpha value is -1.74. The van der Waals surface area contributed by atoms with E-state index in [0.717, 1.165) is 24.0 Å². The van der Waals surface area contributed by atoms with E-state index in [9.17, 15) is 14.7 Å². The number of rotatable bonds is 1. The molecule has 0 aromatic heterocycles. The number of hydrogen-bond acceptors (Lipinski definition) is 3. The molecular formula is C20H24O3. The topological polar surface area (TPSA) is 54.4 Å². The van der Waals surface area contributed by atoms with Gasteiger partial charge in [-0.25, -0.2) is 0 Å². The normalized spacial score (nSPS) is 40.1. The molecule has 1 saturated carbocycles. The van der Waals surface area contributed by atoms with Gasteiger partial charge >= 0.3 is 0 Å². The van der Waals surface area contributed by atoms with Crippen molar-refractivity contribution in [3.05, 3.63) is 47.6 Å². The summed E-state index contributed by atoms with van der Waals surface area (Å²) >= 11 is 0. The molecule has 3 aliphatic rings. The van der Waals surface area contributed by atoms with Gasteiger partial charge in [-0.1, -0.05) is 30.4 Å². The highest BCUT2D eigenvalue weighted by atomic mass is 16.3. The van der Waals surface area contributed by atoms with Crippen LogP contribution in [0.5, 0.6) is 0 Å². The molecule has 1 fully saturated rings. The third kappa shape index (κ3) is 2.06. The fourth-order valence-corrected chi connectivity index (χ4v) is 4.72. The molecule has 0 spiro atoms. The van der Waals surface area contributed by atoms with Crippen molar-refractivity contribution in [2.75, 3.05) is 0 Å². The first-order valence-corrected chi connectivity index (χ1v) is 8.20. The molecule has 0 amide bonds. The third-order valence-corrected chi connectivity index (χ3v) is 6.01. The number of aliphatic hydroxyl groups is 1. The number of fused-ring (bicyclic) bond motifs is 3. The summed E-state index contributed by atoms with van der Waals surface area (Å²) in [4.78, 5) is 25.4. The zero-order chi connectivity index (χ0) is 17.1. The van der Waals surface area contributed by atoms with Crippen molar-refractivity contribution < 1.29 is 14.7 Å². The van der Waals surface area contributed by atoms with E-state index >= 15 is 0 Å². The SMILES string of the molecule is C=C1CC[C@H](C(=C)C)[C@H]2C=C(C)[C@]3(O)C(=O)C=C(C)C(=O)[C@@H]3[C@H]12. The number of hydrogen-bond donors (Lipinski definition) is 1. The molecule has 23 heavy (non-hydrogen) atoms. The van der Waals surface area contributed by atoms with Gasteiger partial charge in [-0.3, -0.25) is 9.59 Å². The summed E-state index contributed by atoms with van der Waals surface area (Å²) in [7, 11) is 0. The van der Waals surface area contributed by atoms with Crippen LogP contribution in [0.2, 0.25) is 0 Å². The van der Waals surface area contributed by atoms with Gasteiger partial charge in [0, 0.05) is 0 Å². The standard InChI is InChI=1S/C20H24O3/c1-10(2)14-7-6-11(3)17-15(14)9-13(5)20(23)16(21)8-12(4)19(22)18(17)20/h8-9,14-15,17-18,23H,1,3,6-7H2,2,4-5H3/t14-,15-,17-,18+,20+/m1/s1. The molecule has 0 bridgehead atoms. The molecule has 0 aromatic rings. The first-order valence-electron chi connectivity index (χ1n) is 8.20. The monoisotopic (exact) mass is 312 g/mol. The van der Waals surface area contributed by atoms with Crippen molar-refractivity contribution in [3.8, 4) is 0 Å². The predicted octanol–water partition coefficient (Wildman–Crippen LogP) is 3.17. The van der Waals surface area contributed by atoms with E-state index in [0.29, 0.717) is 11.1 Å². The fraction of sp³-hybridized carbons (Fsp3) is 0.500. The van der Waals surface area contributed by atoms with E-state index in [1.54, 1.807) is 13.8 Å². The molecule has 3 nitrogen and oxygen atoms in total. The smallest absolute Gasteiger partial charge is 0.192 e. The number of Topliss-reactive ketones (excluding diaryl/α,β-unsaturated/α-hetero) is 1. The number of carbonyl (C=O) groups excluding carboxylic acids is 2. The lowest BCUT2D eigenvalue weighted by Crippen LogP contribution is -2.60.